The lowest BCUT2D eigenvalue weighted by molar-refractivity contribution is 0.00428. The molecule has 0 radical (unpaired) electrons. The smallest absolute Gasteiger partial charge is 0.339 e. The molecule has 0 amide bonds. The summed E-state index contributed by atoms with van der Waals surface area (Å²) in [6, 6.07) is 14.4. The normalized spacial score (nSPS) is 10.2. The van der Waals surface area contributed by atoms with E-state index < -0.39 is 5.97 Å². The predicted octanol–water partition coefficient (Wildman–Crippen LogP) is 3.70. The number of halogens is 1. The van der Waals surface area contributed by atoms with Crippen molar-refractivity contribution >= 4 is 21.9 Å². The maximum absolute atomic E-state index is 11.1. The fourth-order valence-electron chi connectivity index (χ4n) is 1.63. The lowest BCUT2D eigenvalue weighted by atomic mass is 10.2. The van der Waals surface area contributed by atoms with Crippen LogP contribution in [-0.4, -0.2) is 17.9 Å². The molecule has 5 heteroatoms. The van der Waals surface area contributed by atoms with Gasteiger partial charge in [-0.15, -0.1) is 0 Å². The van der Waals surface area contributed by atoms with Crippen molar-refractivity contribution in [3.05, 3.63) is 64.1 Å². The van der Waals surface area contributed by atoms with E-state index in [4.69, 9.17) is 14.6 Å². The molecule has 0 aliphatic heterocycles. The van der Waals surface area contributed by atoms with Crippen LogP contribution in [0.25, 0.3) is 0 Å². The van der Waals surface area contributed by atoms with Crippen molar-refractivity contribution in [2.75, 3.05) is 6.79 Å². The second-order valence-electron chi connectivity index (χ2n) is 4.04. The quantitative estimate of drug-likeness (QED) is 0.645. The van der Waals surface area contributed by atoms with Crippen LogP contribution in [0.3, 0.4) is 0 Å². The lowest BCUT2D eigenvalue weighted by Gasteiger charge is -2.10. The Morgan fingerprint density at radius 3 is 2.60 bits per heavy atom. The summed E-state index contributed by atoms with van der Waals surface area (Å²) in [5.74, 6) is -0.754. The number of carboxylic acids is 1. The van der Waals surface area contributed by atoms with Gasteiger partial charge in [0.25, 0.3) is 0 Å². The molecule has 0 heterocycles. The fraction of sp³-hybridized carbons (Fsp3) is 0.133. The molecule has 2 aromatic carbocycles. The highest BCUT2D eigenvalue weighted by molar-refractivity contribution is 9.10. The van der Waals surface area contributed by atoms with Crippen LogP contribution < -0.4 is 4.74 Å². The second kappa shape index (κ2) is 7.07. The Bertz CT molecular complexity index is 584. The molecule has 0 saturated carbocycles. The van der Waals surface area contributed by atoms with Crippen molar-refractivity contribution in [2.24, 2.45) is 0 Å². The molecule has 2 aromatic rings. The van der Waals surface area contributed by atoms with Gasteiger partial charge in [0.1, 0.15) is 11.3 Å². The van der Waals surface area contributed by atoms with E-state index in [1.807, 2.05) is 30.3 Å². The Hall–Kier alpha value is -1.85. The molecule has 1 N–H and O–H groups in total. The van der Waals surface area contributed by atoms with E-state index in [0.717, 1.165) is 10.0 Å². The number of ether oxygens (including phenoxy) is 2. The first-order valence-electron chi connectivity index (χ1n) is 5.94. The van der Waals surface area contributed by atoms with E-state index >= 15 is 0 Å². The topological polar surface area (TPSA) is 55.8 Å². The predicted molar refractivity (Wildman–Crippen MR) is 77.8 cm³/mol. The van der Waals surface area contributed by atoms with E-state index in [-0.39, 0.29) is 18.1 Å². The van der Waals surface area contributed by atoms with Gasteiger partial charge in [-0.05, 0) is 23.8 Å². The fourth-order valence-corrected chi connectivity index (χ4v) is 1.97. The first kappa shape index (κ1) is 14.6. The van der Waals surface area contributed by atoms with Crippen LogP contribution in [-0.2, 0) is 11.3 Å². The number of hydrogen-bond acceptors (Lipinski definition) is 3. The van der Waals surface area contributed by atoms with Crippen molar-refractivity contribution in [3.8, 4) is 5.75 Å². The molecule has 0 fully saturated rings. The highest BCUT2D eigenvalue weighted by atomic mass is 79.9. The van der Waals surface area contributed by atoms with Crippen LogP contribution in [0.4, 0.5) is 0 Å². The third-order valence-corrected chi connectivity index (χ3v) is 3.08. The molecule has 0 unspecified atom stereocenters. The van der Waals surface area contributed by atoms with E-state index in [1.165, 1.54) is 6.07 Å². The molecule has 0 spiro atoms. The number of carbonyl (C=O) groups is 1. The standard InChI is InChI=1S/C15H13BrO4/c16-12-6-7-13(15(17)18)14(8-12)20-10-19-9-11-4-2-1-3-5-11/h1-8H,9-10H2,(H,17,18). The SMILES string of the molecule is O=C(O)c1ccc(Br)cc1OCOCc1ccccc1. The Labute approximate surface area is 125 Å². The summed E-state index contributed by atoms with van der Waals surface area (Å²) < 4.78 is 11.5. The van der Waals surface area contributed by atoms with Crippen molar-refractivity contribution in [1.29, 1.82) is 0 Å². The maximum atomic E-state index is 11.1. The Kier molecular flexibility index (Phi) is 5.15. The van der Waals surface area contributed by atoms with Gasteiger partial charge in [-0.25, -0.2) is 4.79 Å². The molecule has 0 atom stereocenters. The number of benzene rings is 2. The third-order valence-electron chi connectivity index (χ3n) is 2.58. The van der Waals surface area contributed by atoms with E-state index in [9.17, 15) is 4.79 Å². The molecule has 0 aliphatic rings. The average Bonchev–Trinajstić information content (AvgIpc) is 2.44. The summed E-state index contributed by atoms with van der Waals surface area (Å²) in [6.45, 7) is 0.406. The zero-order valence-corrected chi connectivity index (χ0v) is 12.2. The molecule has 2 rings (SSSR count). The first-order chi connectivity index (χ1) is 9.66. The van der Waals surface area contributed by atoms with Crippen LogP contribution in [0.5, 0.6) is 5.75 Å². The lowest BCUT2D eigenvalue weighted by Crippen LogP contribution is -2.07. The van der Waals surface area contributed by atoms with Crippen molar-refractivity contribution in [2.45, 2.75) is 6.61 Å². The van der Waals surface area contributed by atoms with Crippen LogP contribution >= 0.6 is 15.9 Å². The number of aromatic carboxylic acids is 1. The van der Waals surface area contributed by atoms with Gasteiger partial charge in [0.2, 0.25) is 0 Å². The minimum atomic E-state index is -1.03. The Balaban J connectivity index is 1.91. The van der Waals surface area contributed by atoms with Gasteiger partial charge >= 0.3 is 5.97 Å². The molecule has 0 aliphatic carbocycles. The highest BCUT2D eigenvalue weighted by Gasteiger charge is 2.11. The largest absolute Gasteiger partial charge is 0.478 e. The minimum absolute atomic E-state index is 0.00831. The zero-order chi connectivity index (χ0) is 14.4. The number of hydrogen-bond donors (Lipinski definition) is 1. The molecule has 0 bridgehead atoms. The minimum Gasteiger partial charge on any atom is -0.478 e. The van der Waals surface area contributed by atoms with Crippen LogP contribution in [0.15, 0.2) is 53.0 Å². The Morgan fingerprint density at radius 2 is 1.90 bits per heavy atom. The summed E-state index contributed by atoms with van der Waals surface area (Å²) in [7, 11) is 0. The maximum Gasteiger partial charge on any atom is 0.339 e. The summed E-state index contributed by atoms with van der Waals surface area (Å²) in [6.07, 6.45) is 0. The van der Waals surface area contributed by atoms with Gasteiger partial charge in [0.15, 0.2) is 6.79 Å². The molecular formula is C15H13BrO4. The molecule has 20 heavy (non-hydrogen) atoms. The van der Waals surface area contributed by atoms with Gasteiger partial charge in [0, 0.05) is 4.47 Å². The average molecular weight is 337 g/mol. The molecule has 104 valence electrons. The third kappa shape index (κ3) is 4.08. The van der Waals surface area contributed by atoms with Gasteiger partial charge in [-0.2, -0.15) is 0 Å². The van der Waals surface area contributed by atoms with Gasteiger partial charge in [-0.1, -0.05) is 46.3 Å². The molecule has 4 nitrogen and oxygen atoms in total. The zero-order valence-electron chi connectivity index (χ0n) is 10.6. The van der Waals surface area contributed by atoms with Crippen LogP contribution in [0.2, 0.25) is 0 Å². The molecular weight excluding hydrogens is 324 g/mol. The molecule has 0 saturated heterocycles. The Morgan fingerprint density at radius 1 is 1.15 bits per heavy atom. The van der Waals surface area contributed by atoms with E-state index in [1.54, 1.807) is 12.1 Å². The van der Waals surface area contributed by atoms with Gasteiger partial charge < -0.3 is 14.6 Å². The van der Waals surface area contributed by atoms with Gasteiger partial charge in [-0.3, -0.25) is 0 Å². The highest BCUT2D eigenvalue weighted by Crippen LogP contribution is 2.23. The second-order valence-corrected chi connectivity index (χ2v) is 4.96. The number of carboxylic acid groups (broad SMARTS) is 1. The number of rotatable bonds is 6. The summed E-state index contributed by atoms with van der Waals surface area (Å²) >= 11 is 3.28. The van der Waals surface area contributed by atoms with E-state index in [2.05, 4.69) is 15.9 Å². The van der Waals surface area contributed by atoms with Crippen molar-refractivity contribution in [1.82, 2.24) is 0 Å². The molecule has 0 aromatic heterocycles. The van der Waals surface area contributed by atoms with Crippen LogP contribution in [0, 0.1) is 0 Å². The van der Waals surface area contributed by atoms with Gasteiger partial charge in [0.05, 0.1) is 6.61 Å². The summed E-state index contributed by atoms with van der Waals surface area (Å²) in [5, 5.41) is 9.05. The van der Waals surface area contributed by atoms with Crippen LogP contribution in [0.1, 0.15) is 15.9 Å². The summed E-state index contributed by atoms with van der Waals surface area (Å²) in [4.78, 5) is 11.1. The monoisotopic (exact) mass is 336 g/mol. The summed E-state index contributed by atoms with van der Waals surface area (Å²) in [5.41, 5.74) is 1.14. The van der Waals surface area contributed by atoms with E-state index in [0.29, 0.717) is 6.61 Å². The first-order valence-corrected chi connectivity index (χ1v) is 6.73. The van der Waals surface area contributed by atoms with Crippen molar-refractivity contribution in [3.63, 3.8) is 0 Å². The van der Waals surface area contributed by atoms with Crippen molar-refractivity contribution < 1.29 is 19.4 Å².